The van der Waals surface area contributed by atoms with Crippen molar-refractivity contribution >= 4 is 53.4 Å². The number of fused-ring (bicyclic) bond motifs is 1. The number of rotatable bonds is 13. The molecule has 21 heteroatoms. The molecular weight excluding hydrogens is 768 g/mol. The van der Waals surface area contributed by atoms with E-state index >= 15 is 0 Å². The molecule has 0 radical (unpaired) electrons. The summed E-state index contributed by atoms with van der Waals surface area (Å²) < 4.78 is 61.9. The van der Waals surface area contributed by atoms with Crippen LogP contribution >= 0.6 is 0 Å². The lowest BCUT2D eigenvalue weighted by atomic mass is 9.92. The van der Waals surface area contributed by atoms with Crippen LogP contribution in [0.15, 0.2) is 30.0 Å². The average Bonchev–Trinajstić information content (AvgIpc) is 3.09. The highest BCUT2D eigenvalue weighted by atomic mass is 16.8. The van der Waals surface area contributed by atoms with E-state index in [1.54, 1.807) is 0 Å². The number of carbonyl (C=O) groups is 9. The van der Waals surface area contributed by atoms with E-state index in [9.17, 15) is 48.3 Å². The molecule has 0 amide bonds. The van der Waals surface area contributed by atoms with Crippen molar-refractivity contribution in [3.05, 3.63) is 41.2 Å². The number of hydrogen-bond acceptors (Lipinski definition) is 21. The lowest BCUT2D eigenvalue weighted by Gasteiger charge is -2.48. The zero-order chi connectivity index (χ0) is 42.3. The van der Waals surface area contributed by atoms with Gasteiger partial charge in [-0.2, -0.15) is 0 Å². The Morgan fingerprint density at radius 1 is 0.579 bits per heavy atom. The zero-order valence-electron chi connectivity index (χ0n) is 31.6. The second-order valence-electron chi connectivity index (χ2n) is 12.7. The maximum Gasteiger partial charge on any atom is 0.303 e. The first kappa shape index (κ1) is 43.8. The van der Waals surface area contributed by atoms with Gasteiger partial charge in [0.15, 0.2) is 42.2 Å². The fourth-order valence-corrected chi connectivity index (χ4v) is 6.16. The Bertz CT molecular complexity index is 1820. The molecule has 0 aromatic heterocycles. The summed E-state index contributed by atoms with van der Waals surface area (Å²) in [4.78, 5) is 113. The molecule has 2 heterocycles. The van der Waals surface area contributed by atoms with Crippen LogP contribution in [-0.4, -0.2) is 133 Å². The number of benzene rings is 1. The van der Waals surface area contributed by atoms with E-state index < -0.39 is 139 Å². The van der Waals surface area contributed by atoms with Gasteiger partial charge in [0.25, 0.3) is 0 Å². The topological polar surface area (TPSA) is 275 Å². The van der Waals surface area contributed by atoms with Gasteiger partial charge in [0.05, 0.1) is 5.56 Å². The molecule has 2 fully saturated rings. The van der Waals surface area contributed by atoms with Gasteiger partial charge in [-0.3, -0.25) is 43.2 Å². The van der Waals surface area contributed by atoms with Gasteiger partial charge in [-0.05, 0) is 12.1 Å². The Morgan fingerprint density at radius 3 is 1.53 bits per heavy atom. The molecule has 3 aliphatic rings. The maximum atomic E-state index is 13.5. The number of phenolic OH excluding ortho intramolecular Hbond substituents is 1. The summed E-state index contributed by atoms with van der Waals surface area (Å²) in [6.07, 6.45) is -16.7. The zero-order valence-corrected chi connectivity index (χ0v) is 31.6. The van der Waals surface area contributed by atoms with E-state index in [4.69, 9.17) is 52.1 Å². The normalized spacial score (nSPS) is 28.0. The molecule has 1 N–H and O–H groups in total. The third-order valence-corrected chi connectivity index (χ3v) is 8.15. The number of ketones is 2. The lowest BCUT2D eigenvalue weighted by Crippen LogP contribution is -2.67. The third kappa shape index (κ3) is 11.1. The molecule has 10 unspecified atom stereocenters. The van der Waals surface area contributed by atoms with Crippen LogP contribution < -0.4 is 0 Å². The van der Waals surface area contributed by atoms with Crippen molar-refractivity contribution in [2.45, 2.75) is 110 Å². The van der Waals surface area contributed by atoms with Crippen LogP contribution in [0.2, 0.25) is 0 Å². The Morgan fingerprint density at radius 2 is 1.02 bits per heavy atom. The number of carbonyl (C=O) groups excluding carboxylic acids is 9. The van der Waals surface area contributed by atoms with Crippen molar-refractivity contribution in [1.29, 1.82) is 0 Å². The van der Waals surface area contributed by atoms with E-state index in [1.165, 1.54) is 18.2 Å². The van der Waals surface area contributed by atoms with Gasteiger partial charge in [0.1, 0.15) is 37.3 Å². The van der Waals surface area contributed by atoms with Gasteiger partial charge in [0, 0.05) is 60.1 Å². The first-order valence-corrected chi connectivity index (χ1v) is 17.2. The molecule has 2 aliphatic heterocycles. The monoisotopic (exact) mass is 808 g/mol. The van der Waals surface area contributed by atoms with Crippen LogP contribution in [0, 0.1) is 0 Å². The van der Waals surface area contributed by atoms with E-state index in [0.29, 0.717) is 0 Å². The summed E-state index contributed by atoms with van der Waals surface area (Å²) in [5.74, 6) is -9.37. The van der Waals surface area contributed by atoms with Gasteiger partial charge in [-0.1, -0.05) is 6.07 Å². The molecule has 310 valence electrons. The van der Waals surface area contributed by atoms with Crippen molar-refractivity contribution in [2.24, 2.45) is 0 Å². The van der Waals surface area contributed by atoms with Crippen molar-refractivity contribution < 1.29 is 100 Å². The minimum Gasteiger partial charge on any atom is -0.507 e. The fraction of sp³-hybridized carbons (Fsp3) is 0.528. The number of allylic oxidation sites excluding steroid dienone is 2. The minimum absolute atomic E-state index is 0.241. The third-order valence-electron chi connectivity index (χ3n) is 8.15. The second kappa shape index (κ2) is 18.8. The van der Waals surface area contributed by atoms with Gasteiger partial charge in [-0.15, -0.1) is 0 Å². The van der Waals surface area contributed by atoms with Crippen LogP contribution in [0.1, 0.15) is 69.2 Å². The number of Topliss-reactive ketones (excluding diaryl/α,β-unsaturated/α-hetero) is 1. The van der Waals surface area contributed by atoms with Crippen molar-refractivity contribution in [1.82, 2.24) is 0 Å². The van der Waals surface area contributed by atoms with Crippen LogP contribution in [-0.2, 0) is 85.7 Å². The Hall–Kier alpha value is -5.93. The van der Waals surface area contributed by atoms with Gasteiger partial charge in [-0.25, -0.2) is 0 Å². The maximum absolute atomic E-state index is 13.5. The molecule has 1 aromatic rings. The number of esters is 7. The predicted molar refractivity (Wildman–Crippen MR) is 179 cm³/mol. The second-order valence-corrected chi connectivity index (χ2v) is 12.7. The highest BCUT2D eigenvalue weighted by Crippen LogP contribution is 2.37. The number of ether oxygens (including phenoxy) is 11. The number of hydrogen-bond donors (Lipinski definition) is 1. The van der Waals surface area contributed by atoms with Gasteiger partial charge in [0.2, 0.25) is 18.2 Å². The largest absolute Gasteiger partial charge is 0.507 e. The SMILES string of the molecule is CC(=O)OCC1OC(OC2C(COC(C)=O)OC(OC3=CC(=O)c4c(O)cccc4C3=O)C(OC(C)=O)C2OC(C)=O)C(OC(C)=O)C(OC(C)=O)C1OC(C)=O. The first-order chi connectivity index (χ1) is 26.8. The van der Waals surface area contributed by atoms with Crippen LogP contribution in [0.4, 0.5) is 0 Å². The predicted octanol–water partition coefficient (Wildman–Crippen LogP) is 0.291. The summed E-state index contributed by atoms with van der Waals surface area (Å²) in [6, 6.07) is 3.75. The van der Waals surface area contributed by atoms with Crippen LogP contribution in [0.3, 0.4) is 0 Å². The smallest absolute Gasteiger partial charge is 0.303 e. The lowest BCUT2D eigenvalue weighted by molar-refractivity contribution is -0.358. The van der Waals surface area contributed by atoms with Crippen LogP contribution in [0.25, 0.3) is 0 Å². The molecule has 4 rings (SSSR count). The highest BCUT2D eigenvalue weighted by Gasteiger charge is 2.58. The molecule has 57 heavy (non-hydrogen) atoms. The van der Waals surface area contributed by atoms with E-state index in [1.807, 2.05) is 0 Å². The summed E-state index contributed by atoms with van der Waals surface area (Å²) >= 11 is 0. The summed E-state index contributed by atoms with van der Waals surface area (Å²) in [5.41, 5.74) is -0.546. The van der Waals surface area contributed by atoms with Crippen molar-refractivity contribution in [2.75, 3.05) is 13.2 Å². The summed E-state index contributed by atoms with van der Waals surface area (Å²) in [7, 11) is 0. The molecule has 1 aliphatic carbocycles. The molecule has 0 bridgehead atoms. The number of phenols is 1. The van der Waals surface area contributed by atoms with E-state index in [0.717, 1.165) is 54.5 Å². The Labute approximate surface area is 323 Å². The molecule has 2 saturated heterocycles. The highest BCUT2D eigenvalue weighted by molar-refractivity contribution is 6.24. The standard InChI is InChI=1S/C36H40O21/c1-14(37)47-12-25-29(49-16(3)39)31(50-17(4)40)34(53-20(7)43)36(56-25)57-30-26(13-48-15(2)38)55-35(33(52-19(6)42)32(30)51-18(5)41)54-24-11-23(45)27-21(28(24)46)9-8-10-22(27)44/h8-11,25-26,29-36,44H,12-13H2,1-7H3. The van der Waals surface area contributed by atoms with Crippen molar-refractivity contribution in [3.8, 4) is 5.75 Å². The summed E-state index contributed by atoms with van der Waals surface area (Å²) in [6.45, 7) is 5.67. The quantitative estimate of drug-likeness (QED) is 0.207. The molecular formula is C36H40O21. The first-order valence-electron chi connectivity index (χ1n) is 17.2. The fourth-order valence-electron chi connectivity index (χ4n) is 6.16. The van der Waals surface area contributed by atoms with E-state index in [2.05, 4.69) is 0 Å². The number of aromatic hydroxyl groups is 1. The Balaban J connectivity index is 1.83. The molecule has 21 nitrogen and oxygen atoms in total. The van der Waals surface area contributed by atoms with Crippen molar-refractivity contribution in [3.63, 3.8) is 0 Å². The molecule has 10 atom stereocenters. The Kier molecular flexibility index (Phi) is 14.4. The van der Waals surface area contributed by atoms with Gasteiger partial charge < -0.3 is 57.2 Å². The molecule has 1 aromatic carbocycles. The van der Waals surface area contributed by atoms with Gasteiger partial charge >= 0.3 is 41.8 Å². The van der Waals surface area contributed by atoms with Crippen LogP contribution in [0.5, 0.6) is 5.75 Å². The van der Waals surface area contributed by atoms with E-state index in [-0.39, 0.29) is 11.1 Å². The summed E-state index contributed by atoms with van der Waals surface area (Å²) in [5, 5.41) is 10.2. The molecule has 0 saturated carbocycles. The average molecular weight is 809 g/mol. The minimum atomic E-state index is -1.92. The molecule has 0 spiro atoms.